The molecule has 3 rings (SSSR count). The zero-order chi connectivity index (χ0) is 11.0. The van der Waals surface area contributed by atoms with E-state index in [2.05, 4.69) is 20.2 Å². The van der Waals surface area contributed by atoms with Crippen molar-refractivity contribution in [3.63, 3.8) is 0 Å². The first-order valence-corrected chi connectivity index (χ1v) is 5.14. The largest absolute Gasteiger partial charge is 0.274 e. The predicted octanol–water partition coefficient (Wildman–Crippen LogP) is 2.67. The van der Waals surface area contributed by atoms with Crippen LogP contribution in [0.5, 0.6) is 0 Å². The quantitative estimate of drug-likeness (QED) is 0.654. The molecule has 0 radical (unpaired) electrons. The zero-order valence-corrected chi connectivity index (χ0v) is 8.94. The Morgan fingerprint density at radius 2 is 1.94 bits per heavy atom. The van der Waals surface area contributed by atoms with E-state index in [1.807, 2.05) is 30.3 Å². The number of benzene rings is 1. The van der Waals surface area contributed by atoms with Gasteiger partial charge in [0.15, 0.2) is 0 Å². The van der Waals surface area contributed by atoms with Crippen molar-refractivity contribution in [1.82, 2.24) is 20.2 Å². The number of aromatic amines is 1. The van der Waals surface area contributed by atoms with Crippen molar-refractivity contribution in [1.29, 1.82) is 0 Å². The Morgan fingerprint density at radius 1 is 1.12 bits per heavy atom. The molecule has 0 atom stereocenters. The van der Waals surface area contributed by atoms with Crippen LogP contribution >= 0.6 is 11.6 Å². The normalized spacial score (nSPS) is 10.8. The van der Waals surface area contributed by atoms with E-state index in [4.69, 9.17) is 11.6 Å². The molecule has 0 saturated heterocycles. The van der Waals surface area contributed by atoms with Crippen LogP contribution in [-0.2, 0) is 0 Å². The number of nitrogens with zero attached hydrogens (tertiary/aromatic N) is 3. The Morgan fingerprint density at radius 3 is 2.75 bits per heavy atom. The highest BCUT2D eigenvalue weighted by atomic mass is 35.5. The van der Waals surface area contributed by atoms with E-state index in [-0.39, 0.29) is 5.28 Å². The predicted molar refractivity (Wildman–Crippen MR) is 62.1 cm³/mol. The standard InChI is InChI=1S/C11H7ClN4/c12-11-13-6-8-10(14-11)9(16-15-8)7-4-2-1-3-5-7/h1-6H,(H,15,16). The second kappa shape index (κ2) is 3.57. The summed E-state index contributed by atoms with van der Waals surface area (Å²) in [5.41, 5.74) is 3.32. The SMILES string of the molecule is Clc1ncc2[nH]nc(-c3ccccc3)c2n1. The van der Waals surface area contributed by atoms with Crippen molar-refractivity contribution < 1.29 is 0 Å². The highest BCUT2D eigenvalue weighted by Crippen LogP contribution is 2.24. The van der Waals surface area contributed by atoms with Gasteiger partial charge in [0.05, 0.1) is 6.20 Å². The van der Waals surface area contributed by atoms with Crippen LogP contribution in [0.1, 0.15) is 0 Å². The number of hydrogen-bond acceptors (Lipinski definition) is 3. The molecule has 2 heterocycles. The maximum absolute atomic E-state index is 5.77. The third-order valence-electron chi connectivity index (χ3n) is 2.32. The van der Waals surface area contributed by atoms with Crippen LogP contribution in [0.2, 0.25) is 5.28 Å². The molecule has 0 bridgehead atoms. The minimum absolute atomic E-state index is 0.228. The summed E-state index contributed by atoms with van der Waals surface area (Å²) in [6.07, 6.45) is 1.63. The minimum Gasteiger partial charge on any atom is -0.274 e. The van der Waals surface area contributed by atoms with Gasteiger partial charge in [-0.3, -0.25) is 5.10 Å². The number of aromatic nitrogens is 4. The molecule has 1 aromatic carbocycles. The summed E-state index contributed by atoms with van der Waals surface area (Å²) in [4.78, 5) is 8.07. The Balaban J connectivity index is 2.29. The molecule has 0 unspecified atom stereocenters. The van der Waals surface area contributed by atoms with Crippen molar-refractivity contribution >= 4 is 22.6 Å². The highest BCUT2D eigenvalue weighted by Gasteiger charge is 2.09. The summed E-state index contributed by atoms with van der Waals surface area (Å²) in [5, 5.41) is 7.33. The van der Waals surface area contributed by atoms with E-state index >= 15 is 0 Å². The van der Waals surface area contributed by atoms with Gasteiger partial charge >= 0.3 is 0 Å². The van der Waals surface area contributed by atoms with Crippen molar-refractivity contribution in [3.05, 3.63) is 41.8 Å². The summed E-state index contributed by atoms with van der Waals surface area (Å²) in [5.74, 6) is 0. The second-order valence-electron chi connectivity index (χ2n) is 3.34. The molecule has 0 spiro atoms. The van der Waals surface area contributed by atoms with Crippen molar-refractivity contribution in [2.24, 2.45) is 0 Å². The Labute approximate surface area is 96.3 Å². The smallest absolute Gasteiger partial charge is 0.223 e. The highest BCUT2D eigenvalue weighted by molar-refractivity contribution is 6.28. The van der Waals surface area contributed by atoms with Crippen molar-refractivity contribution in [2.45, 2.75) is 0 Å². The number of hydrogen-bond donors (Lipinski definition) is 1. The Hall–Kier alpha value is -1.94. The van der Waals surface area contributed by atoms with E-state index in [1.54, 1.807) is 6.20 Å². The topological polar surface area (TPSA) is 54.5 Å². The maximum Gasteiger partial charge on any atom is 0.223 e. The van der Waals surface area contributed by atoms with Gasteiger partial charge in [0.1, 0.15) is 16.7 Å². The van der Waals surface area contributed by atoms with Gasteiger partial charge in [-0.05, 0) is 11.6 Å². The molecular formula is C11H7ClN4. The molecule has 5 heteroatoms. The Bertz CT molecular complexity index is 633. The van der Waals surface area contributed by atoms with Crippen LogP contribution in [-0.4, -0.2) is 20.2 Å². The average molecular weight is 231 g/mol. The van der Waals surface area contributed by atoms with Gasteiger partial charge in [0, 0.05) is 5.56 Å². The number of fused-ring (bicyclic) bond motifs is 1. The molecular weight excluding hydrogens is 224 g/mol. The van der Waals surface area contributed by atoms with Crippen LogP contribution in [0.4, 0.5) is 0 Å². The fourth-order valence-corrected chi connectivity index (χ4v) is 1.72. The molecule has 1 N–H and O–H groups in total. The molecule has 0 aliphatic rings. The van der Waals surface area contributed by atoms with Gasteiger partial charge in [-0.15, -0.1) is 0 Å². The molecule has 16 heavy (non-hydrogen) atoms. The number of rotatable bonds is 1. The number of halogens is 1. The van der Waals surface area contributed by atoms with Gasteiger partial charge in [0.2, 0.25) is 5.28 Å². The molecule has 3 aromatic rings. The molecule has 0 saturated carbocycles. The number of nitrogens with one attached hydrogen (secondary N) is 1. The molecule has 0 fully saturated rings. The van der Waals surface area contributed by atoms with E-state index in [9.17, 15) is 0 Å². The Kier molecular flexibility index (Phi) is 2.08. The molecule has 0 aliphatic heterocycles. The number of H-pyrrole nitrogens is 1. The lowest BCUT2D eigenvalue weighted by atomic mass is 10.1. The van der Waals surface area contributed by atoms with Crippen LogP contribution in [0, 0.1) is 0 Å². The van der Waals surface area contributed by atoms with Crippen LogP contribution in [0.15, 0.2) is 36.5 Å². The summed E-state index contributed by atoms with van der Waals surface area (Å²) in [7, 11) is 0. The maximum atomic E-state index is 5.77. The van der Waals surface area contributed by atoms with Crippen molar-refractivity contribution in [2.75, 3.05) is 0 Å². The first-order valence-electron chi connectivity index (χ1n) is 4.76. The summed E-state index contributed by atoms with van der Waals surface area (Å²) >= 11 is 5.77. The lowest BCUT2D eigenvalue weighted by Gasteiger charge is -1.96. The molecule has 0 aliphatic carbocycles. The van der Waals surface area contributed by atoms with Crippen LogP contribution in [0.3, 0.4) is 0 Å². The fraction of sp³-hybridized carbons (Fsp3) is 0. The first kappa shape index (κ1) is 9.30. The second-order valence-corrected chi connectivity index (χ2v) is 3.68. The van der Waals surface area contributed by atoms with Crippen LogP contribution < -0.4 is 0 Å². The van der Waals surface area contributed by atoms with E-state index < -0.39 is 0 Å². The average Bonchev–Trinajstić information content (AvgIpc) is 2.73. The lowest BCUT2D eigenvalue weighted by Crippen LogP contribution is -1.83. The fourth-order valence-electron chi connectivity index (χ4n) is 1.59. The van der Waals surface area contributed by atoms with Gasteiger partial charge in [-0.2, -0.15) is 5.10 Å². The van der Waals surface area contributed by atoms with Gasteiger partial charge in [-0.25, -0.2) is 9.97 Å². The lowest BCUT2D eigenvalue weighted by molar-refractivity contribution is 1.12. The van der Waals surface area contributed by atoms with E-state index in [1.165, 1.54) is 0 Å². The third kappa shape index (κ3) is 1.44. The zero-order valence-electron chi connectivity index (χ0n) is 8.18. The summed E-state index contributed by atoms with van der Waals surface area (Å²) in [6, 6.07) is 9.83. The molecule has 2 aromatic heterocycles. The van der Waals surface area contributed by atoms with Crippen molar-refractivity contribution in [3.8, 4) is 11.3 Å². The van der Waals surface area contributed by atoms with Gasteiger partial charge < -0.3 is 0 Å². The van der Waals surface area contributed by atoms with E-state index in [0.717, 1.165) is 22.3 Å². The summed E-state index contributed by atoms with van der Waals surface area (Å²) < 4.78 is 0. The molecule has 78 valence electrons. The third-order valence-corrected chi connectivity index (χ3v) is 2.50. The summed E-state index contributed by atoms with van der Waals surface area (Å²) in [6.45, 7) is 0. The molecule has 4 nitrogen and oxygen atoms in total. The van der Waals surface area contributed by atoms with E-state index in [0.29, 0.717) is 0 Å². The minimum atomic E-state index is 0.228. The van der Waals surface area contributed by atoms with Gasteiger partial charge in [0.25, 0.3) is 0 Å². The molecule has 0 amide bonds. The van der Waals surface area contributed by atoms with Gasteiger partial charge in [-0.1, -0.05) is 30.3 Å². The van der Waals surface area contributed by atoms with Crippen LogP contribution in [0.25, 0.3) is 22.3 Å². The first-order chi connectivity index (χ1) is 7.84. The monoisotopic (exact) mass is 230 g/mol.